The van der Waals surface area contributed by atoms with Gasteiger partial charge in [-0.25, -0.2) is 4.98 Å². The molecule has 1 amide bonds. The van der Waals surface area contributed by atoms with Gasteiger partial charge >= 0.3 is 0 Å². The fourth-order valence-corrected chi connectivity index (χ4v) is 5.42. The van der Waals surface area contributed by atoms with Crippen LogP contribution in [0.15, 0.2) is 78.9 Å². The summed E-state index contributed by atoms with van der Waals surface area (Å²) in [5, 5.41) is 3.41. The summed E-state index contributed by atoms with van der Waals surface area (Å²) in [5.41, 5.74) is 7.29. The number of fused-ring (bicyclic) bond motifs is 1. The molecular weight excluding hydrogens is 442 g/mol. The van der Waals surface area contributed by atoms with E-state index in [9.17, 15) is 4.79 Å². The van der Waals surface area contributed by atoms with Gasteiger partial charge in [0, 0.05) is 17.7 Å². The Hall–Kier alpha value is -3.66. The smallest absolute Gasteiger partial charge is 0.270 e. The van der Waals surface area contributed by atoms with Gasteiger partial charge in [-0.05, 0) is 49.3 Å². The largest absolute Gasteiger partial charge is 0.344 e. The predicted molar refractivity (Wildman–Crippen MR) is 147 cm³/mol. The van der Waals surface area contributed by atoms with E-state index in [4.69, 9.17) is 4.98 Å². The van der Waals surface area contributed by atoms with Crippen LogP contribution < -0.4 is 5.32 Å². The molecule has 0 fully saturated rings. The number of carbonyl (C=O) groups excluding carboxylic acids is 1. The van der Waals surface area contributed by atoms with Crippen LogP contribution in [0.2, 0.25) is 0 Å². The van der Waals surface area contributed by atoms with Crippen LogP contribution >= 0.6 is 0 Å². The molecule has 0 radical (unpaired) electrons. The van der Waals surface area contributed by atoms with Gasteiger partial charge in [-0.2, -0.15) is 0 Å². The van der Waals surface area contributed by atoms with Gasteiger partial charge in [0.25, 0.3) is 5.91 Å². The van der Waals surface area contributed by atoms with Crippen molar-refractivity contribution in [1.29, 1.82) is 0 Å². The van der Waals surface area contributed by atoms with Crippen molar-refractivity contribution in [3.8, 4) is 22.6 Å². The Bertz CT molecular complexity index is 1320. The van der Waals surface area contributed by atoms with Crippen LogP contribution in [0.3, 0.4) is 0 Å². The van der Waals surface area contributed by atoms with Crippen LogP contribution in [-0.4, -0.2) is 15.5 Å². The molecule has 1 heterocycles. The zero-order chi connectivity index (χ0) is 24.9. The van der Waals surface area contributed by atoms with Gasteiger partial charge in [-0.3, -0.25) is 4.79 Å². The molecule has 0 aliphatic heterocycles. The average Bonchev–Trinajstić information content (AvgIpc) is 3.20. The molecule has 1 atom stereocenters. The van der Waals surface area contributed by atoms with Crippen LogP contribution in [0.4, 0.5) is 0 Å². The van der Waals surface area contributed by atoms with Crippen molar-refractivity contribution in [1.82, 2.24) is 14.9 Å². The van der Waals surface area contributed by atoms with Crippen LogP contribution in [0.25, 0.3) is 22.6 Å². The molecule has 36 heavy (non-hydrogen) atoms. The molecule has 0 spiro atoms. The second kappa shape index (κ2) is 10.9. The highest BCUT2D eigenvalue weighted by atomic mass is 16.2. The van der Waals surface area contributed by atoms with Gasteiger partial charge in [0.15, 0.2) is 0 Å². The van der Waals surface area contributed by atoms with Gasteiger partial charge in [0.2, 0.25) is 0 Å². The molecule has 1 aliphatic rings. The van der Waals surface area contributed by atoms with Gasteiger partial charge in [-0.1, -0.05) is 98.6 Å². The molecule has 5 rings (SSSR count). The first kappa shape index (κ1) is 24.1. The van der Waals surface area contributed by atoms with Gasteiger partial charge < -0.3 is 9.88 Å². The number of hydrogen-bond donors (Lipinski definition) is 1. The van der Waals surface area contributed by atoms with Crippen molar-refractivity contribution >= 4 is 5.91 Å². The number of benzene rings is 3. The molecule has 1 N–H and O–H groups in total. The summed E-state index contributed by atoms with van der Waals surface area (Å²) in [7, 11) is 0. The Kier molecular flexibility index (Phi) is 7.31. The van der Waals surface area contributed by atoms with E-state index >= 15 is 0 Å². The quantitative estimate of drug-likeness (QED) is 0.282. The SMILES string of the molecule is CCCc1ccc(-c2nc(-c3ccccc3)n(CC)c2C(=O)NC2CCCCc3ccccc32)cc1. The van der Waals surface area contributed by atoms with Crippen LogP contribution in [0.1, 0.15) is 72.8 Å². The number of imidazole rings is 1. The molecule has 1 aromatic heterocycles. The number of nitrogens with zero attached hydrogens (tertiary/aromatic N) is 2. The Labute approximate surface area is 214 Å². The summed E-state index contributed by atoms with van der Waals surface area (Å²) >= 11 is 0. The molecule has 0 bridgehead atoms. The third-order valence-corrected chi connectivity index (χ3v) is 7.22. The maximum Gasteiger partial charge on any atom is 0.270 e. The van der Waals surface area contributed by atoms with E-state index in [1.165, 1.54) is 16.7 Å². The van der Waals surface area contributed by atoms with E-state index in [2.05, 4.69) is 84.4 Å². The van der Waals surface area contributed by atoms with E-state index in [0.29, 0.717) is 12.2 Å². The third kappa shape index (κ3) is 4.86. The summed E-state index contributed by atoms with van der Waals surface area (Å²) in [6.07, 6.45) is 6.45. The van der Waals surface area contributed by atoms with E-state index in [-0.39, 0.29) is 11.9 Å². The van der Waals surface area contributed by atoms with Gasteiger partial charge in [0.1, 0.15) is 17.2 Å². The Morgan fingerprint density at radius 1 is 0.917 bits per heavy atom. The maximum atomic E-state index is 14.1. The number of aryl methyl sites for hydroxylation is 2. The monoisotopic (exact) mass is 477 g/mol. The van der Waals surface area contributed by atoms with E-state index in [0.717, 1.165) is 61.2 Å². The van der Waals surface area contributed by atoms with Crippen molar-refractivity contribution < 1.29 is 4.79 Å². The van der Waals surface area contributed by atoms with Crippen LogP contribution in [0.5, 0.6) is 0 Å². The maximum absolute atomic E-state index is 14.1. The zero-order valence-corrected chi connectivity index (χ0v) is 21.3. The van der Waals surface area contributed by atoms with Crippen LogP contribution in [-0.2, 0) is 19.4 Å². The second-order valence-electron chi connectivity index (χ2n) is 9.66. The number of nitrogens with one attached hydrogen (secondary N) is 1. The van der Waals surface area contributed by atoms with Gasteiger partial charge in [0.05, 0.1) is 6.04 Å². The summed E-state index contributed by atoms with van der Waals surface area (Å²) in [6.45, 7) is 4.94. The number of carbonyl (C=O) groups is 1. The molecule has 0 saturated carbocycles. The highest BCUT2D eigenvalue weighted by Crippen LogP contribution is 2.32. The first-order chi connectivity index (χ1) is 17.7. The summed E-state index contributed by atoms with van der Waals surface area (Å²) in [5.74, 6) is 0.776. The van der Waals surface area contributed by atoms with E-state index in [1.54, 1.807) is 0 Å². The van der Waals surface area contributed by atoms with Crippen molar-refractivity contribution in [2.75, 3.05) is 0 Å². The minimum atomic E-state index is -0.0548. The number of aromatic nitrogens is 2. The lowest BCUT2D eigenvalue weighted by atomic mass is 9.98. The minimum absolute atomic E-state index is 0.0105. The second-order valence-corrected chi connectivity index (χ2v) is 9.66. The highest BCUT2D eigenvalue weighted by Gasteiger charge is 2.27. The Balaban J connectivity index is 1.58. The summed E-state index contributed by atoms with van der Waals surface area (Å²) < 4.78 is 2.07. The van der Waals surface area contributed by atoms with E-state index < -0.39 is 0 Å². The molecule has 0 saturated heterocycles. The number of rotatable bonds is 7. The molecule has 1 aliphatic carbocycles. The van der Waals surface area contributed by atoms with E-state index in [1.807, 2.05) is 18.2 Å². The fourth-order valence-electron chi connectivity index (χ4n) is 5.42. The summed E-state index contributed by atoms with van der Waals surface area (Å²) in [6, 6.07) is 27.3. The van der Waals surface area contributed by atoms with Crippen molar-refractivity contribution in [2.24, 2.45) is 0 Å². The first-order valence-electron chi connectivity index (χ1n) is 13.3. The third-order valence-electron chi connectivity index (χ3n) is 7.22. The average molecular weight is 478 g/mol. The number of amides is 1. The molecule has 4 nitrogen and oxygen atoms in total. The van der Waals surface area contributed by atoms with Gasteiger partial charge in [-0.15, -0.1) is 0 Å². The molecular formula is C32H35N3O. The topological polar surface area (TPSA) is 46.9 Å². The van der Waals surface area contributed by atoms with Crippen molar-refractivity contribution in [2.45, 2.75) is 65.0 Å². The van der Waals surface area contributed by atoms with Crippen molar-refractivity contribution in [3.63, 3.8) is 0 Å². The molecule has 4 heteroatoms. The highest BCUT2D eigenvalue weighted by molar-refractivity contribution is 6.00. The molecule has 184 valence electrons. The minimum Gasteiger partial charge on any atom is -0.344 e. The normalized spacial score (nSPS) is 15.2. The zero-order valence-electron chi connectivity index (χ0n) is 21.3. The summed E-state index contributed by atoms with van der Waals surface area (Å²) in [4.78, 5) is 19.1. The number of hydrogen-bond acceptors (Lipinski definition) is 2. The first-order valence-corrected chi connectivity index (χ1v) is 13.3. The lowest BCUT2D eigenvalue weighted by Gasteiger charge is -2.20. The Morgan fingerprint density at radius 3 is 2.42 bits per heavy atom. The predicted octanol–water partition coefficient (Wildman–Crippen LogP) is 7.39. The lowest BCUT2D eigenvalue weighted by Crippen LogP contribution is -2.31. The van der Waals surface area contributed by atoms with Crippen molar-refractivity contribution in [3.05, 3.63) is 101 Å². The molecule has 1 unspecified atom stereocenters. The standard InChI is InChI=1S/C32H35N3O/c1-3-12-23-19-21-25(22-20-23)29-30(35(4-2)31(34-29)26-15-6-5-7-16-26)32(36)33-28-18-11-9-14-24-13-8-10-17-27(24)28/h5-8,10,13,15-17,19-22,28H,3-4,9,11-12,14,18H2,1-2H3,(H,33,36). The Morgan fingerprint density at radius 2 is 1.67 bits per heavy atom. The lowest BCUT2D eigenvalue weighted by molar-refractivity contribution is 0.0926. The molecule has 3 aromatic carbocycles. The molecule has 4 aromatic rings. The fraction of sp³-hybridized carbons (Fsp3) is 0.312. The van der Waals surface area contributed by atoms with Crippen LogP contribution in [0, 0.1) is 0 Å².